The second-order valence-corrected chi connectivity index (χ2v) is 6.26. The first-order valence-corrected chi connectivity index (χ1v) is 6.23. The smallest absolute Gasteiger partial charge is 0.00147 e. The van der Waals surface area contributed by atoms with Gasteiger partial charge in [0, 0.05) is 0 Å². The van der Waals surface area contributed by atoms with E-state index in [0.717, 1.165) is 11.8 Å². The number of allylic oxidation sites excluding steroid dienone is 4. The van der Waals surface area contributed by atoms with Crippen molar-refractivity contribution >= 4 is 11.8 Å². The molecule has 70 valence electrons. The van der Waals surface area contributed by atoms with Crippen molar-refractivity contribution in [3.63, 3.8) is 0 Å². The van der Waals surface area contributed by atoms with Crippen LogP contribution >= 0.6 is 11.8 Å². The lowest BCUT2D eigenvalue weighted by atomic mass is 9.79. The lowest BCUT2D eigenvalue weighted by Crippen LogP contribution is -2.21. The fourth-order valence-corrected chi connectivity index (χ4v) is 4.34. The Hall–Kier alpha value is -0.170. The molecule has 13 heavy (non-hydrogen) atoms. The summed E-state index contributed by atoms with van der Waals surface area (Å²) in [6.07, 6.45) is 7.63. The first-order valence-electron chi connectivity index (χ1n) is 5.24. The monoisotopic (exact) mass is 192 g/mol. The van der Waals surface area contributed by atoms with Gasteiger partial charge in [-0.1, -0.05) is 26.0 Å². The van der Waals surface area contributed by atoms with Crippen molar-refractivity contribution in [2.24, 2.45) is 17.3 Å². The Bertz CT molecular complexity index is 309. The molecule has 0 aromatic carbocycles. The zero-order valence-electron chi connectivity index (χ0n) is 8.34. The summed E-state index contributed by atoms with van der Waals surface area (Å²) in [6, 6.07) is 0. The third-order valence-electron chi connectivity index (χ3n) is 3.67. The molecule has 3 rings (SSSR count). The maximum Gasteiger partial charge on any atom is -0.00147 e. The van der Waals surface area contributed by atoms with Crippen LogP contribution in [0.4, 0.5) is 0 Å². The third-order valence-corrected chi connectivity index (χ3v) is 4.91. The average molecular weight is 192 g/mol. The van der Waals surface area contributed by atoms with Crippen LogP contribution in [-0.2, 0) is 0 Å². The normalized spacial score (nSPS) is 39.8. The molecule has 1 saturated carbocycles. The first kappa shape index (κ1) is 8.16. The van der Waals surface area contributed by atoms with Gasteiger partial charge in [0.25, 0.3) is 0 Å². The highest BCUT2D eigenvalue weighted by Crippen LogP contribution is 2.58. The first-order chi connectivity index (χ1) is 6.18. The molecule has 2 atom stereocenters. The van der Waals surface area contributed by atoms with Crippen LogP contribution in [0.2, 0.25) is 0 Å². The molecular weight excluding hydrogens is 176 g/mol. The quantitative estimate of drug-likeness (QED) is 0.565. The average Bonchev–Trinajstić information content (AvgIpc) is 2.81. The molecule has 0 bridgehead atoms. The van der Waals surface area contributed by atoms with Crippen LogP contribution < -0.4 is 0 Å². The van der Waals surface area contributed by atoms with Crippen molar-refractivity contribution in [3.05, 3.63) is 22.6 Å². The van der Waals surface area contributed by atoms with Crippen LogP contribution in [0, 0.1) is 17.3 Å². The molecule has 0 radical (unpaired) electrons. The predicted molar refractivity (Wildman–Crippen MR) is 58.6 cm³/mol. The molecule has 0 amide bonds. The molecule has 0 spiro atoms. The maximum absolute atomic E-state index is 2.44. The molecule has 0 saturated heterocycles. The van der Waals surface area contributed by atoms with Crippen LogP contribution in [0.3, 0.4) is 0 Å². The van der Waals surface area contributed by atoms with E-state index in [1.807, 2.05) is 0 Å². The zero-order chi connectivity index (χ0) is 9.05. The molecular formula is C12H16S. The molecule has 0 aromatic heterocycles. The van der Waals surface area contributed by atoms with Gasteiger partial charge in [0.05, 0.1) is 0 Å². The largest absolute Gasteiger partial charge is 0.130 e. The van der Waals surface area contributed by atoms with Crippen LogP contribution in [0.25, 0.3) is 0 Å². The van der Waals surface area contributed by atoms with Crippen LogP contribution in [0.15, 0.2) is 22.6 Å². The van der Waals surface area contributed by atoms with E-state index in [1.54, 1.807) is 10.5 Å². The lowest BCUT2D eigenvalue weighted by Gasteiger charge is -2.34. The summed E-state index contributed by atoms with van der Waals surface area (Å²) in [5, 5.41) is 0. The minimum atomic E-state index is 0.449. The van der Waals surface area contributed by atoms with E-state index in [4.69, 9.17) is 0 Å². The van der Waals surface area contributed by atoms with Gasteiger partial charge in [0.1, 0.15) is 0 Å². The van der Waals surface area contributed by atoms with E-state index >= 15 is 0 Å². The summed E-state index contributed by atoms with van der Waals surface area (Å²) in [4.78, 5) is 1.74. The molecule has 0 nitrogen and oxygen atoms in total. The van der Waals surface area contributed by atoms with Gasteiger partial charge in [-0.05, 0) is 46.3 Å². The Morgan fingerprint density at radius 1 is 1.46 bits per heavy atom. The highest BCUT2D eigenvalue weighted by atomic mass is 32.2. The Morgan fingerprint density at radius 2 is 2.31 bits per heavy atom. The van der Waals surface area contributed by atoms with Crippen LogP contribution in [0.5, 0.6) is 0 Å². The van der Waals surface area contributed by atoms with Gasteiger partial charge in [-0.25, -0.2) is 0 Å². The summed E-state index contributed by atoms with van der Waals surface area (Å²) in [5.74, 6) is 3.19. The lowest BCUT2D eigenvalue weighted by molar-refractivity contribution is 0.434. The molecule has 1 heterocycles. The molecule has 0 N–H and O–H groups in total. The summed E-state index contributed by atoms with van der Waals surface area (Å²) >= 11 is 2.13. The fourth-order valence-electron chi connectivity index (χ4n) is 2.53. The summed E-state index contributed by atoms with van der Waals surface area (Å²) in [7, 11) is 0. The Kier molecular flexibility index (Phi) is 1.53. The summed E-state index contributed by atoms with van der Waals surface area (Å²) in [6.45, 7) is 4.80. The van der Waals surface area contributed by atoms with Crippen molar-refractivity contribution < 1.29 is 0 Å². The number of rotatable bonds is 0. The summed E-state index contributed by atoms with van der Waals surface area (Å²) < 4.78 is 0. The number of fused-ring (bicyclic) bond motifs is 2. The van der Waals surface area contributed by atoms with Gasteiger partial charge < -0.3 is 0 Å². The Balaban J connectivity index is 2.07. The molecule has 1 aliphatic heterocycles. The van der Waals surface area contributed by atoms with Crippen LogP contribution in [0.1, 0.15) is 26.7 Å². The van der Waals surface area contributed by atoms with Gasteiger partial charge in [-0.15, -0.1) is 11.8 Å². The predicted octanol–water partition coefficient (Wildman–Crippen LogP) is 3.61. The van der Waals surface area contributed by atoms with E-state index in [1.165, 1.54) is 18.6 Å². The van der Waals surface area contributed by atoms with E-state index in [2.05, 4.69) is 37.8 Å². The standard InChI is InChI=1S/C12H16S/c1-12(2)5-6-13-11-9-7-8(9)3-4-10(11)12/h3-4,8-9H,5-7H2,1-2H3. The minimum absolute atomic E-state index is 0.449. The van der Waals surface area contributed by atoms with Gasteiger partial charge in [0.15, 0.2) is 0 Å². The van der Waals surface area contributed by atoms with Crippen molar-refractivity contribution in [1.82, 2.24) is 0 Å². The van der Waals surface area contributed by atoms with E-state index in [-0.39, 0.29) is 0 Å². The fraction of sp³-hybridized carbons (Fsp3) is 0.667. The minimum Gasteiger partial charge on any atom is -0.130 e. The molecule has 2 aliphatic carbocycles. The van der Waals surface area contributed by atoms with Crippen LogP contribution in [-0.4, -0.2) is 5.75 Å². The highest BCUT2D eigenvalue weighted by molar-refractivity contribution is 8.03. The van der Waals surface area contributed by atoms with Crippen molar-refractivity contribution in [2.45, 2.75) is 26.7 Å². The molecule has 3 aliphatic rings. The zero-order valence-corrected chi connectivity index (χ0v) is 9.16. The van der Waals surface area contributed by atoms with Gasteiger partial charge in [-0.3, -0.25) is 0 Å². The second-order valence-electron chi connectivity index (χ2n) is 5.13. The van der Waals surface area contributed by atoms with Crippen molar-refractivity contribution in [2.75, 3.05) is 5.75 Å². The van der Waals surface area contributed by atoms with Crippen molar-refractivity contribution in [1.29, 1.82) is 0 Å². The Morgan fingerprint density at radius 3 is 3.15 bits per heavy atom. The summed E-state index contributed by atoms with van der Waals surface area (Å²) in [5.41, 5.74) is 2.10. The molecule has 1 heteroatoms. The third kappa shape index (κ3) is 1.13. The molecule has 0 aromatic rings. The van der Waals surface area contributed by atoms with Gasteiger partial charge >= 0.3 is 0 Å². The number of hydrogen-bond donors (Lipinski definition) is 0. The maximum atomic E-state index is 2.44. The topological polar surface area (TPSA) is 0 Å². The molecule has 2 unspecified atom stereocenters. The number of hydrogen-bond acceptors (Lipinski definition) is 1. The van der Waals surface area contributed by atoms with Crippen molar-refractivity contribution in [3.8, 4) is 0 Å². The van der Waals surface area contributed by atoms with Gasteiger partial charge in [0.2, 0.25) is 0 Å². The highest BCUT2D eigenvalue weighted by Gasteiger charge is 2.45. The number of thioether (sulfide) groups is 1. The van der Waals surface area contributed by atoms with E-state index < -0.39 is 0 Å². The Labute approximate surface area is 84.5 Å². The van der Waals surface area contributed by atoms with E-state index in [9.17, 15) is 0 Å². The molecule has 1 fully saturated rings. The second kappa shape index (κ2) is 2.44. The van der Waals surface area contributed by atoms with Gasteiger partial charge in [-0.2, -0.15) is 0 Å². The van der Waals surface area contributed by atoms with E-state index in [0.29, 0.717) is 5.41 Å². The SMILES string of the molecule is CC1(C)CCSC2=C1C=CC1CC21.